The Labute approximate surface area is 190 Å². The van der Waals surface area contributed by atoms with Crippen molar-refractivity contribution in [3.05, 3.63) is 41.6 Å². The molecule has 0 spiro atoms. The zero-order chi connectivity index (χ0) is 22.1. The minimum absolute atomic E-state index is 0.317. The molecule has 172 valence electrons. The van der Waals surface area contributed by atoms with Crippen LogP contribution in [0.4, 0.5) is 11.8 Å². The van der Waals surface area contributed by atoms with Crippen molar-refractivity contribution in [2.75, 3.05) is 55.7 Å². The molecule has 0 bridgehead atoms. The van der Waals surface area contributed by atoms with Crippen LogP contribution in [0.1, 0.15) is 31.0 Å². The van der Waals surface area contributed by atoms with Crippen LogP contribution in [-0.4, -0.2) is 68.6 Å². The molecular formula is C23H31N5O3S. The number of aromatic nitrogens is 2. The van der Waals surface area contributed by atoms with E-state index in [1.165, 1.54) is 0 Å². The predicted molar refractivity (Wildman–Crippen MR) is 123 cm³/mol. The van der Waals surface area contributed by atoms with Crippen molar-refractivity contribution in [3.63, 3.8) is 0 Å². The second kappa shape index (κ2) is 8.96. The lowest BCUT2D eigenvalue weighted by Gasteiger charge is -2.37. The van der Waals surface area contributed by atoms with Crippen molar-refractivity contribution in [2.24, 2.45) is 5.92 Å². The minimum Gasteiger partial charge on any atom is -0.378 e. The lowest BCUT2D eigenvalue weighted by molar-refractivity contribution is 0.122. The highest BCUT2D eigenvalue weighted by molar-refractivity contribution is 7.89. The Bertz CT molecular complexity index is 1050. The van der Waals surface area contributed by atoms with Crippen LogP contribution in [-0.2, 0) is 27.7 Å². The minimum atomic E-state index is -3.56. The van der Waals surface area contributed by atoms with E-state index in [1.807, 2.05) is 6.07 Å². The fraction of sp³-hybridized carbons (Fsp3) is 0.565. The van der Waals surface area contributed by atoms with E-state index in [9.17, 15) is 8.42 Å². The molecule has 2 saturated heterocycles. The van der Waals surface area contributed by atoms with Gasteiger partial charge in [0.2, 0.25) is 16.0 Å². The Balaban J connectivity index is 1.50. The Kier molecular flexibility index (Phi) is 6.05. The van der Waals surface area contributed by atoms with Crippen molar-refractivity contribution in [3.8, 4) is 0 Å². The van der Waals surface area contributed by atoms with Gasteiger partial charge in [0.05, 0.1) is 23.8 Å². The number of hydrogen-bond donors (Lipinski definition) is 0. The molecule has 8 nitrogen and oxygen atoms in total. The summed E-state index contributed by atoms with van der Waals surface area (Å²) in [5.74, 6) is 2.37. The number of morpholine rings is 1. The maximum atomic E-state index is 13.3. The van der Waals surface area contributed by atoms with Gasteiger partial charge in [-0.2, -0.15) is 9.29 Å². The largest absolute Gasteiger partial charge is 0.378 e. The first-order chi connectivity index (χ1) is 15.5. The summed E-state index contributed by atoms with van der Waals surface area (Å²) < 4.78 is 33.7. The van der Waals surface area contributed by atoms with E-state index in [2.05, 4.69) is 16.7 Å². The summed E-state index contributed by atoms with van der Waals surface area (Å²) in [6.45, 7) is 7.85. The molecule has 0 unspecified atom stereocenters. The molecular weight excluding hydrogens is 426 g/mol. The van der Waals surface area contributed by atoms with E-state index < -0.39 is 10.0 Å². The lowest BCUT2D eigenvalue weighted by atomic mass is 9.98. The van der Waals surface area contributed by atoms with E-state index in [0.717, 1.165) is 62.0 Å². The SMILES string of the molecule is CC1CCN(c2nc(N3CCOCC3)nc3c2CN(S(=O)(=O)c2ccccc2)CC3)CC1. The highest BCUT2D eigenvalue weighted by Crippen LogP contribution is 2.33. The zero-order valence-electron chi connectivity index (χ0n) is 18.6. The molecule has 0 saturated carbocycles. The molecule has 0 atom stereocenters. The molecule has 3 aliphatic heterocycles. The first-order valence-electron chi connectivity index (χ1n) is 11.5. The van der Waals surface area contributed by atoms with Gasteiger partial charge in [0.15, 0.2) is 0 Å². The third kappa shape index (κ3) is 4.21. The van der Waals surface area contributed by atoms with Crippen molar-refractivity contribution >= 4 is 21.8 Å². The number of sulfonamides is 1. The first kappa shape index (κ1) is 21.6. The molecule has 0 radical (unpaired) electrons. The average molecular weight is 458 g/mol. The number of fused-ring (bicyclic) bond motifs is 1. The molecule has 2 fully saturated rings. The van der Waals surface area contributed by atoms with Crippen LogP contribution < -0.4 is 9.80 Å². The Morgan fingerprint density at radius 3 is 2.38 bits per heavy atom. The monoisotopic (exact) mass is 457 g/mol. The summed E-state index contributed by atoms with van der Waals surface area (Å²) in [4.78, 5) is 14.8. The standard InChI is InChI=1S/C23H31N5O3S/c1-18-7-10-26(11-8-18)22-20-17-28(32(29,30)19-5-3-2-4-6-19)12-9-21(20)24-23(25-22)27-13-15-31-16-14-27/h2-6,18H,7-17H2,1H3. The fourth-order valence-electron chi connectivity index (χ4n) is 4.69. The Morgan fingerprint density at radius 1 is 0.938 bits per heavy atom. The quantitative estimate of drug-likeness (QED) is 0.697. The van der Waals surface area contributed by atoms with Gasteiger partial charge in [-0.3, -0.25) is 0 Å². The van der Waals surface area contributed by atoms with Gasteiger partial charge in [-0.05, 0) is 30.9 Å². The van der Waals surface area contributed by atoms with E-state index in [4.69, 9.17) is 14.7 Å². The topological polar surface area (TPSA) is 78.9 Å². The number of hydrogen-bond acceptors (Lipinski definition) is 7. The molecule has 0 aliphatic carbocycles. The van der Waals surface area contributed by atoms with Crippen LogP contribution in [0, 0.1) is 5.92 Å². The van der Waals surface area contributed by atoms with Crippen LogP contribution >= 0.6 is 0 Å². The van der Waals surface area contributed by atoms with E-state index in [1.54, 1.807) is 28.6 Å². The van der Waals surface area contributed by atoms with Crippen LogP contribution in [0.25, 0.3) is 0 Å². The zero-order valence-corrected chi connectivity index (χ0v) is 19.4. The van der Waals surface area contributed by atoms with Crippen molar-refractivity contribution in [1.82, 2.24) is 14.3 Å². The second-order valence-electron chi connectivity index (χ2n) is 8.94. The fourth-order valence-corrected chi connectivity index (χ4v) is 6.12. The molecule has 4 heterocycles. The van der Waals surface area contributed by atoms with Gasteiger partial charge in [-0.25, -0.2) is 13.4 Å². The molecule has 3 aliphatic rings. The molecule has 5 rings (SSSR count). The first-order valence-corrected chi connectivity index (χ1v) is 13.0. The van der Waals surface area contributed by atoms with Gasteiger partial charge < -0.3 is 14.5 Å². The van der Waals surface area contributed by atoms with Crippen LogP contribution in [0.15, 0.2) is 35.2 Å². The van der Waals surface area contributed by atoms with Crippen LogP contribution in [0.3, 0.4) is 0 Å². The van der Waals surface area contributed by atoms with Crippen molar-refractivity contribution in [2.45, 2.75) is 37.6 Å². The summed E-state index contributed by atoms with van der Waals surface area (Å²) in [7, 11) is -3.56. The second-order valence-corrected chi connectivity index (χ2v) is 10.9. The summed E-state index contributed by atoms with van der Waals surface area (Å²) in [6.07, 6.45) is 2.84. The predicted octanol–water partition coefficient (Wildman–Crippen LogP) is 2.30. The average Bonchev–Trinajstić information content (AvgIpc) is 2.84. The summed E-state index contributed by atoms with van der Waals surface area (Å²) in [6, 6.07) is 8.69. The third-order valence-corrected chi connectivity index (χ3v) is 8.61. The van der Waals surface area contributed by atoms with Gasteiger partial charge in [-0.1, -0.05) is 25.1 Å². The number of anilines is 2. The summed E-state index contributed by atoms with van der Waals surface area (Å²) in [5, 5.41) is 0. The van der Waals surface area contributed by atoms with E-state index in [-0.39, 0.29) is 0 Å². The smallest absolute Gasteiger partial charge is 0.243 e. The number of rotatable bonds is 4. The molecule has 0 N–H and O–H groups in total. The summed E-state index contributed by atoms with van der Waals surface area (Å²) in [5.41, 5.74) is 1.94. The van der Waals surface area contributed by atoms with Crippen molar-refractivity contribution in [1.29, 1.82) is 0 Å². The molecule has 1 aromatic heterocycles. The number of benzene rings is 1. The summed E-state index contributed by atoms with van der Waals surface area (Å²) >= 11 is 0. The normalized spacial score (nSPS) is 20.9. The van der Waals surface area contributed by atoms with Gasteiger partial charge in [-0.15, -0.1) is 0 Å². The van der Waals surface area contributed by atoms with Crippen molar-refractivity contribution < 1.29 is 13.2 Å². The molecule has 32 heavy (non-hydrogen) atoms. The molecule has 1 aromatic carbocycles. The van der Waals surface area contributed by atoms with E-state index >= 15 is 0 Å². The van der Waals surface area contributed by atoms with E-state index in [0.29, 0.717) is 43.5 Å². The van der Waals surface area contributed by atoms with Gasteiger partial charge in [0.25, 0.3) is 0 Å². The lowest BCUT2D eigenvalue weighted by Crippen LogP contribution is -2.42. The Morgan fingerprint density at radius 2 is 1.66 bits per heavy atom. The highest BCUT2D eigenvalue weighted by Gasteiger charge is 2.33. The number of nitrogens with zero attached hydrogens (tertiary/aromatic N) is 5. The number of piperidine rings is 1. The van der Waals surface area contributed by atoms with Crippen LogP contribution in [0.2, 0.25) is 0 Å². The van der Waals surface area contributed by atoms with Gasteiger partial charge in [0.1, 0.15) is 5.82 Å². The maximum Gasteiger partial charge on any atom is 0.243 e. The van der Waals surface area contributed by atoms with Gasteiger partial charge in [0, 0.05) is 51.3 Å². The van der Waals surface area contributed by atoms with Crippen LogP contribution in [0.5, 0.6) is 0 Å². The number of ether oxygens (including phenoxy) is 1. The molecule has 9 heteroatoms. The highest BCUT2D eigenvalue weighted by atomic mass is 32.2. The van der Waals surface area contributed by atoms with Gasteiger partial charge >= 0.3 is 0 Å². The Hall–Kier alpha value is -2.23. The maximum absolute atomic E-state index is 13.3. The molecule has 2 aromatic rings. The third-order valence-electron chi connectivity index (χ3n) is 6.75. The molecule has 0 amide bonds.